The van der Waals surface area contributed by atoms with Gasteiger partial charge in [-0.25, -0.2) is 0 Å². The van der Waals surface area contributed by atoms with Crippen molar-refractivity contribution in [3.05, 3.63) is 35.4 Å². The number of Topliss-reactive ketones (excluding diaryl/α,β-unsaturated/α-hetero) is 1. The summed E-state index contributed by atoms with van der Waals surface area (Å²) >= 11 is 0. The molecule has 14 heavy (non-hydrogen) atoms. The average molecular weight is 191 g/mol. The van der Waals surface area contributed by atoms with Crippen LogP contribution in [0, 0.1) is 5.92 Å². The molecule has 2 heteroatoms. The third-order valence-electron chi connectivity index (χ3n) is 2.46. The summed E-state index contributed by atoms with van der Waals surface area (Å²) in [6.45, 7) is 4.15. The Bertz CT molecular complexity index is 320. The van der Waals surface area contributed by atoms with Crippen LogP contribution in [0.2, 0.25) is 0 Å². The molecule has 76 valence electrons. The number of hydrogen-bond acceptors (Lipinski definition) is 2. The van der Waals surface area contributed by atoms with E-state index in [1.54, 1.807) is 6.92 Å². The molecule has 1 aromatic carbocycles. The highest BCUT2D eigenvalue weighted by Crippen LogP contribution is 2.11. The summed E-state index contributed by atoms with van der Waals surface area (Å²) in [5.74, 6) is 0.339. The van der Waals surface area contributed by atoms with Gasteiger partial charge in [0.1, 0.15) is 5.78 Å². The van der Waals surface area contributed by atoms with Gasteiger partial charge in [0.15, 0.2) is 0 Å². The van der Waals surface area contributed by atoms with Crippen LogP contribution in [0.3, 0.4) is 0 Å². The number of carbonyl (C=O) groups is 1. The highest BCUT2D eigenvalue weighted by molar-refractivity contribution is 5.78. The Balaban J connectivity index is 2.71. The Morgan fingerprint density at radius 1 is 1.43 bits per heavy atom. The van der Waals surface area contributed by atoms with Gasteiger partial charge < -0.3 is 5.73 Å². The van der Waals surface area contributed by atoms with Crippen molar-refractivity contribution in [2.45, 2.75) is 26.8 Å². The minimum Gasteiger partial charge on any atom is -0.326 e. The van der Waals surface area contributed by atoms with E-state index in [1.165, 1.54) is 5.56 Å². The summed E-state index contributed by atoms with van der Waals surface area (Å²) < 4.78 is 0. The van der Waals surface area contributed by atoms with Crippen molar-refractivity contribution in [3.8, 4) is 0 Å². The fraction of sp³-hybridized carbons (Fsp3) is 0.417. The van der Waals surface area contributed by atoms with Crippen molar-refractivity contribution in [3.63, 3.8) is 0 Å². The molecule has 1 aromatic rings. The molecule has 0 saturated heterocycles. The minimum atomic E-state index is 0.100. The molecule has 2 nitrogen and oxygen atoms in total. The zero-order valence-corrected chi connectivity index (χ0v) is 8.79. The molecule has 1 unspecified atom stereocenters. The first-order chi connectivity index (χ1) is 6.63. The van der Waals surface area contributed by atoms with Crippen LogP contribution < -0.4 is 5.73 Å². The van der Waals surface area contributed by atoms with E-state index in [0.717, 1.165) is 12.0 Å². The van der Waals surface area contributed by atoms with Gasteiger partial charge >= 0.3 is 0 Å². The normalized spacial score (nSPS) is 12.5. The van der Waals surface area contributed by atoms with E-state index in [2.05, 4.69) is 6.07 Å². The van der Waals surface area contributed by atoms with Crippen molar-refractivity contribution >= 4 is 5.78 Å². The molecule has 0 saturated carbocycles. The van der Waals surface area contributed by atoms with Crippen molar-refractivity contribution in [2.24, 2.45) is 11.7 Å². The Morgan fingerprint density at radius 3 is 2.64 bits per heavy atom. The van der Waals surface area contributed by atoms with Crippen molar-refractivity contribution in [1.29, 1.82) is 0 Å². The van der Waals surface area contributed by atoms with Gasteiger partial charge in [0.25, 0.3) is 0 Å². The topological polar surface area (TPSA) is 43.1 Å². The fourth-order valence-corrected chi connectivity index (χ4v) is 1.38. The summed E-state index contributed by atoms with van der Waals surface area (Å²) in [7, 11) is 0. The first kappa shape index (κ1) is 10.9. The second kappa shape index (κ2) is 4.91. The SMILES string of the molecule is CC(=O)C(C)Cc1cccc(CN)c1. The van der Waals surface area contributed by atoms with Crippen LogP contribution in [0.4, 0.5) is 0 Å². The Labute approximate surface area is 85.1 Å². The van der Waals surface area contributed by atoms with E-state index >= 15 is 0 Å². The van der Waals surface area contributed by atoms with Gasteiger partial charge in [-0.05, 0) is 24.5 Å². The molecule has 0 aliphatic carbocycles. The van der Waals surface area contributed by atoms with E-state index < -0.39 is 0 Å². The first-order valence-electron chi connectivity index (χ1n) is 4.92. The number of hydrogen-bond donors (Lipinski definition) is 1. The van der Waals surface area contributed by atoms with Gasteiger partial charge in [-0.1, -0.05) is 31.2 Å². The predicted molar refractivity (Wildman–Crippen MR) is 57.9 cm³/mol. The second-order valence-corrected chi connectivity index (χ2v) is 3.74. The average Bonchev–Trinajstić information content (AvgIpc) is 2.18. The molecule has 1 rings (SSSR count). The molecule has 0 aliphatic rings. The number of carbonyl (C=O) groups excluding carboxylic acids is 1. The van der Waals surface area contributed by atoms with Gasteiger partial charge in [0.05, 0.1) is 0 Å². The Morgan fingerprint density at radius 2 is 2.07 bits per heavy atom. The second-order valence-electron chi connectivity index (χ2n) is 3.74. The molecule has 0 amide bonds. The molecule has 1 atom stereocenters. The zero-order chi connectivity index (χ0) is 10.6. The van der Waals surface area contributed by atoms with E-state index in [0.29, 0.717) is 6.54 Å². The van der Waals surface area contributed by atoms with Gasteiger partial charge in [-0.3, -0.25) is 4.79 Å². The molecule has 2 N–H and O–H groups in total. The maximum Gasteiger partial charge on any atom is 0.132 e. The summed E-state index contributed by atoms with van der Waals surface area (Å²) in [5, 5.41) is 0. The van der Waals surface area contributed by atoms with Crippen molar-refractivity contribution < 1.29 is 4.79 Å². The summed E-state index contributed by atoms with van der Waals surface area (Å²) in [6, 6.07) is 8.10. The van der Waals surface area contributed by atoms with Gasteiger partial charge in [-0.2, -0.15) is 0 Å². The third kappa shape index (κ3) is 2.96. The summed E-state index contributed by atoms with van der Waals surface area (Å²) in [4.78, 5) is 11.1. The lowest BCUT2D eigenvalue weighted by atomic mass is 9.97. The molecule has 0 bridgehead atoms. The van der Waals surface area contributed by atoms with Crippen LogP contribution >= 0.6 is 0 Å². The minimum absolute atomic E-state index is 0.100. The van der Waals surface area contributed by atoms with Crippen LogP contribution in [0.25, 0.3) is 0 Å². The van der Waals surface area contributed by atoms with Crippen LogP contribution in [0.1, 0.15) is 25.0 Å². The molecule has 0 heterocycles. The van der Waals surface area contributed by atoms with Gasteiger partial charge in [-0.15, -0.1) is 0 Å². The van der Waals surface area contributed by atoms with Crippen LogP contribution in [-0.4, -0.2) is 5.78 Å². The largest absolute Gasteiger partial charge is 0.326 e. The molecular formula is C12H17NO. The quantitative estimate of drug-likeness (QED) is 0.790. The lowest BCUT2D eigenvalue weighted by Crippen LogP contribution is -2.09. The number of nitrogens with two attached hydrogens (primary N) is 1. The highest BCUT2D eigenvalue weighted by atomic mass is 16.1. The van der Waals surface area contributed by atoms with Crippen molar-refractivity contribution in [1.82, 2.24) is 0 Å². The van der Waals surface area contributed by atoms with E-state index in [1.807, 2.05) is 25.1 Å². The molecule has 0 radical (unpaired) electrons. The maximum absolute atomic E-state index is 11.1. The highest BCUT2D eigenvalue weighted by Gasteiger charge is 2.08. The molecule has 0 fully saturated rings. The van der Waals surface area contributed by atoms with Gasteiger partial charge in [0.2, 0.25) is 0 Å². The monoisotopic (exact) mass is 191 g/mol. The van der Waals surface area contributed by atoms with E-state index in [9.17, 15) is 4.79 Å². The third-order valence-corrected chi connectivity index (χ3v) is 2.46. The molecule has 0 aromatic heterocycles. The lowest BCUT2D eigenvalue weighted by molar-refractivity contribution is -0.120. The maximum atomic E-state index is 11.1. The Kier molecular flexibility index (Phi) is 3.84. The van der Waals surface area contributed by atoms with E-state index in [4.69, 9.17) is 5.73 Å². The number of rotatable bonds is 4. The number of ketones is 1. The van der Waals surface area contributed by atoms with Crippen molar-refractivity contribution in [2.75, 3.05) is 0 Å². The Hall–Kier alpha value is -1.15. The van der Waals surface area contributed by atoms with Crippen LogP contribution in [0.5, 0.6) is 0 Å². The van der Waals surface area contributed by atoms with Crippen LogP contribution in [0.15, 0.2) is 24.3 Å². The first-order valence-corrected chi connectivity index (χ1v) is 4.92. The predicted octanol–water partition coefficient (Wildman–Crippen LogP) is 1.91. The smallest absolute Gasteiger partial charge is 0.132 e. The van der Waals surface area contributed by atoms with Crippen LogP contribution in [-0.2, 0) is 17.8 Å². The van der Waals surface area contributed by atoms with E-state index in [-0.39, 0.29) is 11.7 Å². The standard InChI is InChI=1S/C12H17NO/c1-9(10(2)14)6-11-4-3-5-12(7-11)8-13/h3-5,7,9H,6,8,13H2,1-2H3. The fourth-order valence-electron chi connectivity index (χ4n) is 1.38. The zero-order valence-electron chi connectivity index (χ0n) is 8.79. The lowest BCUT2D eigenvalue weighted by Gasteiger charge is -2.08. The summed E-state index contributed by atoms with van der Waals surface area (Å²) in [6.07, 6.45) is 0.809. The molecular weight excluding hydrogens is 174 g/mol. The number of benzene rings is 1. The van der Waals surface area contributed by atoms with Gasteiger partial charge in [0, 0.05) is 12.5 Å². The molecule has 0 spiro atoms. The molecule has 0 aliphatic heterocycles. The summed E-state index contributed by atoms with van der Waals surface area (Å²) in [5.41, 5.74) is 7.86.